The van der Waals surface area contributed by atoms with E-state index in [0.29, 0.717) is 0 Å². The molecule has 2 atom stereocenters. The monoisotopic (exact) mass is 743 g/mol. The number of anilines is 1. The predicted molar refractivity (Wildman–Crippen MR) is 240 cm³/mol. The lowest BCUT2D eigenvalue weighted by Crippen LogP contribution is -2.38. The van der Waals surface area contributed by atoms with Crippen LogP contribution in [0.1, 0.15) is 23.2 Å². The van der Waals surface area contributed by atoms with Crippen molar-refractivity contribution in [3.63, 3.8) is 0 Å². The smallest absolute Gasteiger partial charge is 0.130 e. The van der Waals surface area contributed by atoms with Crippen molar-refractivity contribution in [2.45, 2.75) is 25.0 Å². The molecule has 2 aliphatic carbocycles. The van der Waals surface area contributed by atoms with E-state index in [1.165, 1.54) is 99.6 Å². The van der Waals surface area contributed by atoms with E-state index in [1.54, 1.807) is 0 Å². The maximum absolute atomic E-state index is 6.60. The van der Waals surface area contributed by atoms with Crippen LogP contribution in [0.2, 0.25) is 0 Å². The first-order valence-corrected chi connectivity index (χ1v) is 20.4. The Morgan fingerprint density at radius 2 is 1.26 bits per heavy atom. The molecule has 10 aromatic rings. The Kier molecular flexibility index (Phi) is 6.65. The molecule has 58 heavy (non-hydrogen) atoms. The van der Waals surface area contributed by atoms with Crippen LogP contribution in [-0.2, 0) is 6.42 Å². The van der Waals surface area contributed by atoms with Gasteiger partial charge in [0.05, 0.1) is 28.1 Å². The summed E-state index contributed by atoms with van der Waals surface area (Å²) >= 11 is 0. The second-order valence-corrected chi connectivity index (χ2v) is 16.0. The lowest BCUT2D eigenvalue weighted by atomic mass is 9.91. The van der Waals surface area contributed by atoms with Gasteiger partial charge in [-0.15, -0.1) is 0 Å². The number of ether oxygens (including phenoxy) is 1. The van der Waals surface area contributed by atoms with Gasteiger partial charge in [-0.2, -0.15) is 0 Å². The van der Waals surface area contributed by atoms with Gasteiger partial charge in [-0.3, -0.25) is 0 Å². The van der Waals surface area contributed by atoms with Crippen LogP contribution in [0.25, 0.3) is 77.5 Å². The number of hydrogen-bond donors (Lipinski definition) is 0. The third kappa shape index (κ3) is 4.51. The number of nitrogens with zero attached hydrogens (tertiary/aromatic N) is 3. The zero-order valence-electron chi connectivity index (χ0n) is 31.7. The number of hydrogen-bond acceptors (Lipinski definition) is 2. The van der Waals surface area contributed by atoms with E-state index in [1.807, 2.05) is 0 Å². The average Bonchev–Trinajstić information content (AvgIpc) is 4.02. The SMILES string of the molecule is C1=CC(N(C2=CC=C3c4ccccc4OC3C2)c2ccc(-c3ccc4c(c3)c3cccc5c6ccccc6n4c53)cc2)Cc2c1n(-c1ccccc1)c1ccccc21. The molecule has 3 aliphatic rings. The Hall–Kier alpha value is -7.30. The van der Waals surface area contributed by atoms with Crippen LogP contribution < -0.4 is 9.64 Å². The maximum atomic E-state index is 6.60. The molecule has 0 radical (unpaired) electrons. The van der Waals surface area contributed by atoms with Crippen LogP contribution >= 0.6 is 0 Å². The topological polar surface area (TPSA) is 21.8 Å². The highest BCUT2D eigenvalue weighted by atomic mass is 16.5. The highest BCUT2D eigenvalue weighted by molar-refractivity contribution is 6.23. The molecule has 0 saturated carbocycles. The van der Waals surface area contributed by atoms with Gasteiger partial charge in [-0.05, 0) is 89.9 Å². The summed E-state index contributed by atoms with van der Waals surface area (Å²) in [5.74, 6) is 0.978. The highest BCUT2D eigenvalue weighted by Crippen LogP contribution is 2.45. The normalized spacial score (nSPS) is 17.1. The van der Waals surface area contributed by atoms with Crippen LogP contribution in [0, 0.1) is 0 Å². The Morgan fingerprint density at radius 3 is 2.14 bits per heavy atom. The summed E-state index contributed by atoms with van der Waals surface area (Å²) in [6.07, 6.45) is 11.1. The van der Waals surface area contributed by atoms with Gasteiger partial charge in [-0.25, -0.2) is 0 Å². The van der Waals surface area contributed by atoms with Gasteiger partial charge < -0.3 is 18.6 Å². The third-order valence-corrected chi connectivity index (χ3v) is 12.9. The van der Waals surface area contributed by atoms with Crippen molar-refractivity contribution in [3.05, 3.63) is 205 Å². The van der Waals surface area contributed by atoms with Gasteiger partial charge in [0, 0.05) is 67.3 Å². The fraction of sp³-hybridized carbons (Fsp3) is 0.0741. The summed E-state index contributed by atoms with van der Waals surface area (Å²) in [4.78, 5) is 2.57. The van der Waals surface area contributed by atoms with E-state index in [-0.39, 0.29) is 12.1 Å². The van der Waals surface area contributed by atoms with E-state index in [2.05, 4.69) is 202 Å². The molecule has 4 heterocycles. The van der Waals surface area contributed by atoms with Gasteiger partial charge >= 0.3 is 0 Å². The molecule has 13 rings (SSSR count). The van der Waals surface area contributed by atoms with E-state index >= 15 is 0 Å². The number of rotatable bonds is 5. The minimum absolute atomic E-state index is 0.00419. The number of fused-ring (bicyclic) bond motifs is 12. The first-order chi connectivity index (χ1) is 28.8. The van der Waals surface area contributed by atoms with E-state index in [0.717, 1.165) is 18.6 Å². The van der Waals surface area contributed by atoms with E-state index < -0.39 is 0 Å². The number of allylic oxidation sites excluding steroid dienone is 2. The van der Waals surface area contributed by atoms with Gasteiger partial charge in [0.2, 0.25) is 0 Å². The zero-order chi connectivity index (χ0) is 37.9. The average molecular weight is 744 g/mol. The van der Waals surface area contributed by atoms with Gasteiger partial charge in [0.25, 0.3) is 0 Å². The van der Waals surface area contributed by atoms with Crippen LogP contribution in [0.5, 0.6) is 5.75 Å². The number of aromatic nitrogens is 2. The van der Waals surface area contributed by atoms with E-state index in [9.17, 15) is 0 Å². The van der Waals surface area contributed by atoms with Crippen molar-refractivity contribution in [3.8, 4) is 22.6 Å². The largest absolute Gasteiger partial charge is 0.485 e. The lowest BCUT2D eigenvalue weighted by molar-refractivity contribution is 0.273. The molecule has 3 aromatic heterocycles. The second-order valence-electron chi connectivity index (χ2n) is 16.0. The molecule has 4 nitrogen and oxygen atoms in total. The summed E-state index contributed by atoms with van der Waals surface area (Å²) in [6.45, 7) is 0. The summed E-state index contributed by atoms with van der Waals surface area (Å²) in [5, 5.41) is 6.53. The van der Waals surface area contributed by atoms with Crippen molar-refractivity contribution in [1.29, 1.82) is 0 Å². The minimum Gasteiger partial charge on any atom is -0.485 e. The molecule has 7 aromatic carbocycles. The fourth-order valence-electron chi connectivity index (χ4n) is 10.4. The molecular weight excluding hydrogens is 707 g/mol. The molecule has 0 saturated heterocycles. The maximum Gasteiger partial charge on any atom is 0.130 e. The molecule has 274 valence electrons. The van der Waals surface area contributed by atoms with Crippen molar-refractivity contribution in [1.82, 2.24) is 8.97 Å². The zero-order valence-corrected chi connectivity index (χ0v) is 31.7. The Balaban J connectivity index is 0.915. The standard InChI is InChI=1S/C54H37N3O/c1-2-11-36(12-3-1)56-48-18-7-5-14-41(48)47-32-38(27-30-50(47)56)55(39-26-28-43-42-15-6-9-20-52(42)58-53(43)33-39)37-24-21-34(22-25-37)35-23-29-51-46(31-35)45-17-10-16-44-40-13-4-8-19-49(40)57(51)54(44)45/h1-31,38,53H,32-33H2. The minimum atomic E-state index is -0.00419. The van der Waals surface area contributed by atoms with Gasteiger partial charge in [0.1, 0.15) is 11.9 Å². The molecule has 0 spiro atoms. The van der Waals surface area contributed by atoms with Crippen molar-refractivity contribution in [2.24, 2.45) is 0 Å². The van der Waals surface area contributed by atoms with Crippen LogP contribution in [0.4, 0.5) is 5.69 Å². The van der Waals surface area contributed by atoms with Crippen molar-refractivity contribution >= 4 is 66.3 Å². The quantitative estimate of drug-likeness (QED) is 0.175. The lowest BCUT2D eigenvalue weighted by Gasteiger charge is -2.37. The highest BCUT2D eigenvalue weighted by Gasteiger charge is 2.35. The number of para-hydroxylation sites is 5. The summed E-state index contributed by atoms with van der Waals surface area (Å²) in [5.41, 5.74) is 16.3. The Morgan fingerprint density at radius 1 is 0.552 bits per heavy atom. The Labute approximate surface area is 335 Å². The molecule has 0 amide bonds. The molecule has 1 aliphatic heterocycles. The first-order valence-electron chi connectivity index (χ1n) is 20.4. The van der Waals surface area contributed by atoms with Gasteiger partial charge in [0.15, 0.2) is 0 Å². The molecule has 2 unspecified atom stereocenters. The third-order valence-electron chi connectivity index (χ3n) is 12.9. The molecular formula is C54H37N3O. The summed E-state index contributed by atoms with van der Waals surface area (Å²) in [6, 6.07) is 59.9. The molecule has 0 fully saturated rings. The van der Waals surface area contributed by atoms with Crippen molar-refractivity contribution in [2.75, 3.05) is 4.90 Å². The summed E-state index contributed by atoms with van der Waals surface area (Å²) < 4.78 is 11.5. The predicted octanol–water partition coefficient (Wildman–Crippen LogP) is 13.0. The fourth-order valence-corrected chi connectivity index (χ4v) is 10.4. The molecule has 0 bridgehead atoms. The molecule has 0 N–H and O–H groups in total. The Bertz CT molecular complexity index is 3380. The summed E-state index contributed by atoms with van der Waals surface area (Å²) in [7, 11) is 0. The number of benzene rings is 7. The van der Waals surface area contributed by atoms with Crippen LogP contribution in [0.15, 0.2) is 188 Å². The first kappa shape index (κ1) is 31.9. The molecule has 4 heteroatoms. The van der Waals surface area contributed by atoms with Crippen molar-refractivity contribution < 1.29 is 4.74 Å². The van der Waals surface area contributed by atoms with Crippen LogP contribution in [-0.4, -0.2) is 21.1 Å². The van der Waals surface area contributed by atoms with Crippen LogP contribution in [0.3, 0.4) is 0 Å². The van der Waals surface area contributed by atoms with Gasteiger partial charge in [-0.1, -0.05) is 121 Å². The second kappa shape index (κ2) is 12.1. The van der Waals surface area contributed by atoms with E-state index in [4.69, 9.17) is 4.74 Å².